The molecule has 120 valence electrons. The van der Waals surface area contributed by atoms with E-state index in [1.54, 1.807) is 30.3 Å². The fourth-order valence-corrected chi connectivity index (χ4v) is 2.14. The molecule has 0 aliphatic heterocycles. The Labute approximate surface area is 132 Å². The minimum absolute atomic E-state index is 0.00404. The SMILES string of the molecule is COc1ccc(CC(=O)Nc2cccc(CC(=O)O)c2)cc1F. The van der Waals surface area contributed by atoms with Gasteiger partial charge in [-0.15, -0.1) is 0 Å². The van der Waals surface area contributed by atoms with Gasteiger partial charge in [-0.3, -0.25) is 9.59 Å². The lowest BCUT2D eigenvalue weighted by molar-refractivity contribution is -0.136. The molecule has 23 heavy (non-hydrogen) atoms. The lowest BCUT2D eigenvalue weighted by Gasteiger charge is -2.08. The fraction of sp³-hybridized carbons (Fsp3) is 0.176. The van der Waals surface area contributed by atoms with Crippen LogP contribution < -0.4 is 10.1 Å². The Morgan fingerprint density at radius 3 is 2.52 bits per heavy atom. The Balaban J connectivity index is 2.02. The highest BCUT2D eigenvalue weighted by atomic mass is 19.1. The van der Waals surface area contributed by atoms with Crippen LogP contribution in [0.2, 0.25) is 0 Å². The number of carbonyl (C=O) groups excluding carboxylic acids is 1. The van der Waals surface area contributed by atoms with E-state index in [4.69, 9.17) is 9.84 Å². The van der Waals surface area contributed by atoms with Crippen LogP contribution in [0.5, 0.6) is 5.75 Å². The van der Waals surface area contributed by atoms with E-state index in [1.165, 1.54) is 19.2 Å². The van der Waals surface area contributed by atoms with Crippen molar-refractivity contribution in [3.63, 3.8) is 0 Å². The number of carbonyl (C=O) groups is 2. The molecule has 0 heterocycles. The van der Waals surface area contributed by atoms with Crippen LogP contribution in [0, 0.1) is 5.82 Å². The Kier molecular flexibility index (Phi) is 5.30. The van der Waals surface area contributed by atoms with Crippen LogP contribution in [-0.4, -0.2) is 24.1 Å². The van der Waals surface area contributed by atoms with Crippen molar-refractivity contribution < 1.29 is 23.8 Å². The number of carboxylic acids is 1. The second-order valence-corrected chi connectivity index (χ2v) is 4.96. The first-order valence-electron chi connectivity index (χ1n) is 6.91. The maximum atomic E-state index is 13.6. The molecule has 0 saturated carbocycles. The molecule has 6 heteroatoms. The first-order chi connectivity index (χ1) is 11.0. The number of nitrogens with one attached hydrogen (secondary N) is 1. The summed E-state index contributed by atoms with van der Waals surface area (Å²) in [5.41, 5.74) is 1.61. The lowest BCUT2D eigenvalue weighted by Crippen LogP contribution is -2.14. The summed E-state index contributed by atoms with van der Waals surface area (Å²) in [6, 6.07) is 10.9. The number of anilines is 1. The van der Waals surface area contributed by atoms with E-state index >= 15 is 0 Å². The maximum Gasteiger partial charge on any atom is 0.307 e. The smallest absolute Gasteiger partial charge is 0.307 e. The third kappa shape index (κ3) is 4.81. The number of amides is 1. The van der Waals surface area contributed by atoms with Crippen molar-refractivity contribution in [1.29, 1.82) is 0 Å². The molecule has 2 rings (SSSR count). The van der Waals surface area contributed by atoms with E-state index < -0.39 is 11.8 Å². The zero-order valence-electron chi connectivity index (χ0n) is 12.5. The molecular formula is C17H16FNO4. The number of halogens is 1. The average Bonchev–Trinajstić information content (AvgIpc) is 2.47. The fourth-order valence-electron chi connectivity index (χ4n) is 2.14. The van der Waals surface area contributed by atoms with E-state index in [1.807, 2.05) is 0 Å². The number of hydrogen-bond donors (Lipinski definition) is 2. The predicted molar refractivity (Wildman–Crippen MR) is 83.1 cm³/mol. The van der Waals surface area contributed by atoms with Gasteiger partial charge < -0.3 is 15.2 Å². The van der Waals surface area contributed by atoms with Crippen molar-refractivity contribution in [2.24, 2.45) is 0 Å². The van der Waals surface area contributed by atoms with E-state index in [-0.39, 0.29) is 24.5 Å². The molecule has 0 aliphatic rings. The Morgan fingerprint density at radius 2 is 1.87 bits per heavy atom. The van der Waals surface area contributed by atoms with Crippen LogP contribution >= 0.6 is 0 Å². The highest BCUT2D eigenvalue weighted by molar-refractivity contribution is 5.92. The summed E-state index contributed by atoms with van der Waals surface area (Å²) >= 11 is 0. The summed E-state index contributed by atoms with van der Waals surface area (Å²) < 4.78 is 18.4. The van der Waals surface area contributed by atoms with Gasteiger partial charge in [0.2, 0.25) is 5.91 Å². The minimum Gasteiger partial charge on any atom is -0.494 e. The Hall–Kier alpha value is -2.89. The standard InChI is InChI=1S/C17H16FNO4/c1-23-15-6-5-12(8-14(15)18)9-16(20)19-13-4-2-3-11(7-13)10-17(21)22/h2-8H,9-10H2,1H3,(H,19,20)(H,21,22). The highest BCUT2D eigenvalue weighted by Gasteiger charge is 2.09. The number of rotatable bonds is 6. The van der Waals surface area contributed by atoms with Crippen LogP contribution in [0.3, 0.4) is 0 Å². The van der Waals surface area contributed by atoms with Crippen LogP contribution in [-0.2, 0) is 22.4 Å². The van der Waals surface area contributed by atoms with Gasteiger partial charge in [-0.25, -0.2) is 4.39 Å². The van der Waals surface area contributed by atoms with Gasteiger partial charge in [-0.2, -0.15) is 0 Å². The zero-order valence-corrected chi connectivity index (χ0v) is 12.5. The normalized spacial score (nSPS) is 10.2. The molecule has 0 radical (unpaired) electrons. The largest absolute Gasteiger partial charge is 0.494 e. The van der Waals surface area contributed by atoms with E-state index in [0.717, 1.165) is 0 Å². The van der Waals surface area contributed by atoms with E-state index in [2.05, 4.69) is 5.32 Å². The highest BCUT2D eigenvalue weighted by Crippen LogP contribution is 2.18. The lowest BCUT2D eigenvalue weighted by atomic mass is 10.1. The quantitative estimate of drug-likeness (QED) is 0.859. The first kappa shape index (κ1) is 16.5. The molecule has 1 amide bonds. The molecule has 0 bridgehead atoms. The third-order valence-corrected chi connectivity index (χ3v) is 3.15. The third-order valence-electron chi connectivity index (χ3n) is 3.15. The number of benzene rings is 2. The number of methoxy groups -OCH3 is 1. The Bertz CT molecular complexity index is 730. The van der Waals surface area contributed by atoms with Crippen molar-refractivity contribution in [3.8, 4) is 5.75 Å². The molecule has 5 nitrogen and oxygen atoms in total. The average molecular weight is 317 g/mol. The molecule has 0 fully saturated rings. The zero-order chi connectivity index (χ0) is 16.8. The molecule has 0 aliphatic carbocycles. The van der Waals surface area contributed by atoms with E-state index in [9.17, 15) is 14.0 Å². The van der Waals surface area contributed by atoms with Crippen molar-refractivity contribution >= 4 is 17.6 Å². The van der Waals surface area contributed by atoms with Gasteiger partial charge in [0, 0.05) is 5.69 Å². The summed E-state index contributed by atoms with van der Waals surface area (Å²) in [4.78, 5) is 22.7. The minimum atomic E-state index is -0.942. The molecule has 0 atom stereocenters. The number of ether oxygens (including phenoxy) is 1. The molecule has 0 spiro atoms. The monoisotopic (exact) mass is 317 g/mol. The molecule has 2 aromatic carbocycles. The van der Waals surface area contributed by atoms with Crippen molar-refractivity contribution in [1.82, 2.24) is 0 Å². The number of carboxylic acid groups (broad SMARTS) is 1. The maximum absolute atomic E-state index is 13.6. The summed E-state index contributed by atoms with van der Waals surface area (Å²) in [7, 11) is 1.37. The van der Waals surface area contributed by atoms with Crippen LogP contribution in [0.4, 0.5) is 10.1 Å². The van der Waals surface area contributed by atoms with Gasteiger partial charge >= 0.3 is 5.97 Å². The van der Waals surface area contributed by atoms with Gasteiger partial charge in [-0.05, 0) is 35.4 Å². The molecule has 0 unspecified atom stereocenters. The summed E-state index contributed by atoms with van der Waals surface area (Å²) in [5, 5.41) is 11.4. The number of aliphatic carboxylic acids is 1. The van der Waals surface area contributed by atoms with Gasteiger partial charge in [0.15, 0.2) is 11.6 Å². The Morgan fingerprint density at radius 1 is 1.13 bits per heavy atom. The van der Waals surface area contributed by atoms with Crippen molar-refractivity contribution in [2.75, 3.05) is 12.4 Å². The summed E-state index contributed by atoms with van der Waals surface area (Å²) in [5.74, 6) is -1.67. The predicted octanol–water partition coefficient (Wildman–Crippen LogP) is 2.64. The second-order valence-electron chi connectivity index (χ2n) is 4.96. The van der Waals surface area contributed by atoms with Gasteiger partial charge in [0.25, 0.3) is 0 Å². The molecule has 2 aromatic rings. The second kappa shape index (κ2) is 7.40. The van der Waals surface area contributed by atoms with Gasteiger partial charge in [0.1, 0.15) is 0 Å². The van der Waals surface area contributed by atoms with Crippen LogP contribution in [0.1, 0.15) is 11.1 Å². The van der Waals surface area contributed by atoms with Crippen LogP contribution in [0.15, 0.2) is 42.5 Å². The summed E-state index contributed by atoms with van der Waals surface area (Å²) in [6.45, 7) is 0. The number of hydrogen-bond acceptors (Lipinski definition) is 3. The van der Waals surface area contributed by atoms with E-state index in [0.29, 0.717) is 16.8 Å². The topological polar surface area (TPSA) is 75.6 Å². The molecule has 0 aromatic heterocycles. The summed E-state index contributed by atoms with van der Waals surface area (Å²) in [6.07, 6.45) is -0.114. The first-order valence-corrected chi connectivity index (χ1v) is 6.91. The van der Waals surface area contributed by atoms with Crippen molar-refractivity contribution in [2.45, 2.75) is 12.8 Å². The molecular weight excluding hydrogens is 301 g/mol. The molecule has 2 N–H and O–H groups in total. The van der Waals surface area contributed by atoms with Crippen molar-refractivity contribution in [3.05, 3.63) is 59.4 Å². The van der Waals surface area contributed by atoms with Crippen LogP contribution in [0.25, 0.3) is 0 Å². The van der Waals surface area contributed by atoms with Gasteiger partial charge in [0.05, 0.1) is 20.0 Å². The molecule has 0 saturated heterocycles. The van der Waals surface area contributed by atoms with Gasteiger partial charge in [-0.1, -0.05) is 18.2 Å².